The summed E-state index contributed by atoms with van der Waals surface area (Å²) in [4.78, 5) is 23.8. The Kier molecular flexibility index (Phi) is 6.02. The summed E-state index contributed by atoms with van der Waals surface area (Å²) in [6.45, 7) is 2.77. The molecule has 0 aromatic heterocycles. The molecule has 8 nitrogen and oxygen atoms in total. The zero-order chi connectivity index (χ0) is 19.4. The maximum atomic E-state index is 13.0. The molecular formula is C17H20N2O6S. The van der Waals surface area contributed by atoms with Gasteiger partial charge in [-0.1, -0.05) is 5.92 Å². The van der Waals surface area contributed by atoms with Crippen LogP contribution in [0.2, 0.25) is 0 Å². The van der Waals surface area contributed by atoms with E-state index in [1.165, 1.54) is 24.3 Å². The molecule has 1 aliphatic rings. The Hall–Kier alpha value is -2.41. The summed E-state index contributed by atoms with van der Waals surface area (Å²) >= 11 is 0. The van der Waals surface area contributed by atoms with Crippen LogP contribution >= 0.6 is 0 Å². The zero-order valence-corrected chi connectivity index (χ0v) is 15.3. The molecule has 1 saturated heterocycles. The van der Waals surface area contributed by atoms with Gasteiger partial charge in [0.2, 0.25) is 15.6 Å². The molecule has 1 heterocycles. The van der Waals surface area contributed by atoms with Gasteiger partial charge in [0.15, 0.2) is 5.78 Å². The number of hydrogen-bond donors (Lipinski definition) is 2. The van der Waals surface area contributed by atoms with E-state index in [1.807, 2.05) is 0 Å². The molecule has 140 valence electrons. The number of piperazine rings is 1. The van der Waals surface area contributed by atoms with Gasteiger partial charge in [-0.25, -0.2) is 13.2 Å². The molecule has 1 atom stereocenters. The van der Waals surface area contributed by atoms with Crippen molar-refractivity contribution in [1.29, 1.82) is 0 Å². The average molecular weight is 380 g/mol. The van der Waals surface area contributed by atoms with E-state index in [2.05, 4.69) is 17.2 Å². The van der Waals surface area contributed by atoms with Gasteiger partial charge in [-0.3, -0.25) is 4.79 Å². The van der Waals surface area contributed by atoms with Crippen molar-refractivity contribution in [3.63, 3.8) is 0 Å². The monoisotopic (exact) mass is 380 g/mol. The molecule has 0 amide bonds. The van der Waals surface area contributed by atoms with Gasteiger partial charge in [-0.05, 0) is 38.1 Å². The second-order valence-corrected chi connectivity index (χ2v) is 7.52. The zero-order valence-electron chi connectivity index (χ0n) is 14.5. The molecule has 2 N–H and O–H groups in total. The molecule has 1 unspecified atom stereocenters. The van der Waals surface area contributed by atoms with Gasteiger partial charge in [-0.15, -0.1) is 5.92 Å². The lowest BCUT2D eigenvalue weighted by Gasteiger charge is -2.41. The number of nitrogens with zero attached hydrogens (tertiary/aromatic N) is 1. The van der Waals surface area contributed by atoms with Crippen LogP contribution in [-0.4, -0.2) is 61.4 Å². The van der Waals surface area contributed by atoms with Gasteiger partial charge < -0.3 is 15.2 Å². The number of Topliss-reactive ketones (excluding diaryl/α,β-unsaturated/α-hetero) is 1. The largest absolute Gasteiger partial charge is 0.481 e. The molecule has 0 saturated carbocycles. The molecule has 0 aliphatic carbocycles. The molecule has 2 rings (SSSR count). The molecule has 0 bridgehead atoms. The highest BCUT2D eigenvalue weighted by Crippen LogP contribution is 2.29. The topological polar surface area (TPSA) is 113 Å². The SMILES string of the molecule is CC#CCOc1ccc(S(=O)(=O)N2CCNCC2(C(C)=O)C(=O)O)cc1. The van der Waals surface area contributed by atoms with Crippen LogP contribution in [0, 0.1) is 11.8 Å². The fourth-order valence-corrected chi connectivity index (χ4v) is 4.46. The number of aliphatic carboxylic acids is 1. The minimum absolute atomic E-state index is 0.111. The normalized spacial score (nSPS) is 20.7. The fraction of sp³-hybridized carbons (Fsp3) is 0.412. The third-order valence-corrected chi connectivity index (χ3v) is 6.08. The Morgan fingerprint density at radius 2 is 2.00 bits per heavy atom. The third-order valence-electron chi connectivity index (χ3n) is 4.13. The van der Waals surface area contributed by atoms with Crippen molar-refractivity contribution in [2.45, 2.75) is 24.3 Å². The molecule has 1 aromatic rings. The van der Waals surface area contributed by atoms with Gasteiger partial charge in [0.1, 0.15) is 12.4 Å². The lowest BCUT2D eigenvalue weighted by molar-refractivity contribution is -0.154. The first-order chi connectivity index (χ1) is 12.3. The predicted octanol–water partition coefficient (Wildman–Crippen LogP) is 0.0950. The smallest absolute Gasteiger partial charge is 0.334 e. The number of hydrogen-bond acceptors (Lipinski definition) is 6. The lowest BCUT2D eigenvalue weighted by atomic mass is 9.93. The molecule has 26 heavy (non-hydrogen) atoms. The summed E-state index contributed by atoms with van der Waals surface area (Å²) in [5.74, 6) is 3.58. The number of ketones is 1. The van der Waals surface area contributed by atoms with Crippen molar-refractivity contribution in [1.82, 2.24) is 9.62 Å². The molecule has 1 aromatic carbocycles. The lowest BCUT2D eigenvalue weighted by Crippen LogP contribution is -2.70. The van der Waals surface area contributed by atoms with Crippen molar-refractivity contribution in [2.24, 2.45) is 0 Å². The van der Waals surface area contributed by atoms with Crippen molar-refractivity contribution in [3.05, 3.63) is 24.3 Å². The number of nitrogens with one attached hydrogen (secondary N) is 1. The summed E-state index contributed by atoms with van der Waals surface area (Å²) in [5, 5.41) is 12.4. The summed E-state index contributed by atoms with van der Waals surface area (Å²) in [6, 6.07) is 5.56. The molecule has 1 aliphatic heterocycles. The van der Waals surface area contributed by atoms with Crippen LogP contribution in [0.1, 0.15) is 13.8 Å². The van der Waals surface area contributed by atoms with Crippen LogP contribution in [-0.2, 0) is 19.6 Å². The average Bonchev–Trinajstić information content (AvgIpc) is 2.62. The maximum Gasteiger partial charge on any atom is 0.334 e. The molecular weight excluding hydrogens is 360 g/mol. The van der Waals surface area contributed by atoms with Crippen LogP contribution < -0.4 is 10.1 Å². The molecule has 1 fully saturated rings. The second-order valence-electron chi connectivity index (χ2n) is 5.66. The summed E-state index contributed by atoms with van der Waals surface area (Å²) in [6.07, 6.45) is 0. The van der Waals surface area contributed by atoms with Gasteiger partial charge in [-0.2, -0.15) is 4.31 Å². The highest BCUT2D eigenvalue weighted by molar-refractivity contribution is 7.89. The van der Waals surface area contributed by atoms with Crippen molar-refractivity contribution < 1.29 is 27.9 Å². The Bertz CT molecular complexity index is 837. The summed E-state index contributed by atoms with van der Waals surface area (Å²) < 4.78 is 32.1. The van der Waals surface area contributed by atoms with E-state index in [-0.39, 0.29) is 31.1 Å². The van der Waals surface area contributed by atoms with Crippen LogP contribution in [0.5, 0.6) is 5.75 Å². The van der Waals surface area contributed by atoms with E-state index in [0.717, 1.165) is 11.2 Å². The Balaban J connectivity index is 2.39. The van der Waals surface area contributed by atoms with E-state index in [0.29, 0.717) is 5.75 Å². The number of carboxylic acid groups (broad SMARTS) is 1. The Morgan fingerprint density at radius 1 is 1.35 bits per heavy atom. The first kappa shape index (κ1) is 19.9. The second kappa shape index (κ2) is 7.86. The number of ether oxygens (including phenoxy) is 1. The standard InChI is InChI=1S/C17H20N2O6S/c1-3-4-11-25-14-5-7-15(8-6-14)26(23,24)19-10-9-18-12-17(19,13(2)20)16(21)22/h5-8,18H,9-12H2,1-2H3,(H,21,22). The number of carboxylic acids is 1. The number of benzene rings is 1. The minimum atomic E-state index is -4.19. The summed E-state index contributed by atoms with van der Waals surface area (Å²) in [5.41, 5.74) is -2.16. The van der Waals surface area contributed by atoms with Gasteiger partial charge in [0.25, 0.3) is 0 Å². The summed E-state index contributed by atoms with van der Waals surface area (Å²) in [7, 11) is -4.19. The van der Waals surface area contributed by atoms with E-state index in [9.17, 15) is 23.1 Å². The first-order valence-corrected chi connectivity index (χ1v) is 9.31. The van der Waals surface area contributed by atoms with Crippen LogP contribution in [0.25, 0.3) is 0 Å². The Morgan fingerprint density at radius 3 is 2.54 bits per heavy atom. The van der Waals surface area contributed by atoms with Crippen LogP contribution in [0.4, 0.5) is 0 Å². The van der Waals surface area contributed by atoms with Crippen LogP contribution in [0.15, 0.2) is 29.2 Å². The van der Waals surface area contributed by atoms with E-state index in [4.69, 9.17) is 4.74 Å². The minimum Gasteiger partial charge on any atom is -0.481 e. The van der Waals surface area contributed by atoms with E-state index < -0.39 is 27.3 Å². The highest BCUT2D eigenvalue weighted by Gasteiger charge is 2.55. The Labute approximate surface area is 152 Å². The predicted molar refractivity (Wildman–Crippen MR) is 93.2 cm³/mol. The number of carbonyl (C=O) groups is 2. The quantitative estimate of drug-likeness (QED) is 0.531. The molecule has 0 spiro atoms. The van der Waals surface area contributed by atoms with Crippen molar-refractivity contribution >= 4 is 21.8 Å². The first-order valence-electron chi connectivity index (χ1n) is 7.87. The van der Waals surface area contributed by atoms with Crippen LogP contribution in [0.3, 0.4) is 0 Å². The highest BCUT2D eigenvalue weighted by atomic mass is 32.2. The number of rotatable bonds is 6. The van der Waals surface area contributed by atoms with Crippen molar-refractivity contribution in [2.75, 3.05) is 26.2 Å². The number of sulfonamides is 1. The number of carbonyl (C=O) groups excluding carboxylic acids is 1. The van der Waals surface area contributed by atoms with Gasteiger partial charge >= 0.3 is 5.97 Å². The van der Waals surface area contributed by atoms with Crippen molar-refractivity contribution in [3.8, 4) is 17.6 Å². The van der Waals surface area contributed by atoms with Gasteiger partial charge in [0.05, 0.1) is 4.90 Å². The van der Waals surface area contributed by atoms with Gasteiger partial charge in [0, 0.05) is 19.6 Å². The van der Waals surface area contributed by atoms with E-state index in [1.54, 1.807) is 6.92 Å². The van der Waals surface area contributed by atoms with E-state index >= 15 is 0 Å². The molecule has 0 radical (unpaired) electrons. The third kappa shape index (κ3) is 3.58. The fourth-order valence-electron chi connectivity index (χ4n) is 2.71. The maximum absolute atomic E-state index is 13.0. The molecule has 9 heteroatoms.